The van der Waals surface area contributed by atoms with E-state index in [0.717, 1.165) is 31.1 Å². The van der Waals surface area contributed by atoms with Gasteiger partial charge in [0.2, 0.25) is 5.75 Å². The van der Waals surface area contributed by atoms with Gasteiger partial charge in [0.1, 0.15) is 12.4 Å². The Morgan fingerprint density at radius 1 is 1.14 bits per heavy atom. The molecule has 0 aliphatic rings. The summed E-state index contributed by atoms with van der Waals surface area (Å²) in [5.41, 5.74) is 2.87. The second-order valence-corrected chi connectivity index (χ2v) is 7.61. The molecule has 2 rings (SSSR count). The van der Waals surface area contributed by atoms with Crippen molar-refractivity contribution in [2.45, 2.75) is 53.4 Å². The van der Waals surface area contributed by atoms with Crippen molar-refractivity contribution in [3.63, 3.8) is 0 Å². The average molecular weight is 400 g/mol. The van der Waals surface area contributed by atoms with Crippen molar-refractivity contribution in [3.05, 3.63) is 51.9 Å². The minimum absolute atomic E-state index is 0.107. The van der Waals surface area contributed by atoms with Gasteiger partial charge in [-0.05, 0) is 58.2 Å². The molecule has 29 heavy (non-hydrogen) atoms. The summed E-state index contributed by atoms with van der Waals surface area (Å²) in [6.45, 7) is 9.16. The average Bonchev–Trinajstić information content (AvgIpc) is 2.67. The highest BCUT2D eigenvalue weighted by Gasteiger charge is 2.18. The lowest BCUT2D eigenvalue weighted by molar-refractivity contribution is 0.278. The number of benzene rings is 1. The molecule has 1 aromatic carbocycles. The van der Waals surface area contributed by atoms with Crippen molar-refractivity contribution < 1.29 is 14.6 Å². The van der Waals surface area contributed by atoms with E-state index in [1.807, 2.05) is 6.08 Å². The Morgan fingerprint density at radius 3 is 2.59 bits per heavy atom. The Hall–Kier alpha value is -2.69. The number of phenolic OH excluding ortho intramolecular Hbond substituents is 1. The van der Waals surface area contributed by atoms with Gasteiger partial charge in [0, 0.05) is 18.5 Å². The van der Waals surface area contributed by atoms with Crippen LogP contribution in [0.1, 0.15) is 53.4 Å². The summed E-state index contributed by atoms with van der Waals surface area (Å²) in [4.78, 5) is 12.9. The smallest absolute Gasteiger partial charge is 0.297 e. The van der Waals surface area contributed by atoms with Gasteiger partial charge in [-0.15, -0.1) is 0 Å². The summed E-state index contributed by atoms with van der Waals surface area (Å²) < 4.78 is 13.4. The highest BCUT2D eigenvalue weighted by atomic mass is 16.5. The van der Waals surface area contributed by atoms with Crippen molar-refractivity contribution in [2.24, 2.45) is 7.05 Å². The van der Waals surface area contributed by atoms with E-state index >= 15 is 0 Å². The minimum Gasteiger partial charge on any atom is -0.508 e. The van der Waals surface area contributed by atoms with Gasteiger partial charge in [0.05, 0.1) is 12.1 Å². The Morgan fingerprint density at radius 2 is 1.90 bits per heavy atom. The first-order valence-corrected chi connectivity index (χ1v) is 10.3. The maximum Gasteiger partial charge on any atom is 0.297 e. The topological polar surface area (TPSA) is 60.7 Å². The first kappa shape index (κ1) is 22.6. The predicted molar refractivity (Wildman–Crippen MR) is 119 cm³/mol. The summed E-state index contributed by atoms with van der Waals surface area (Å²) >= 11 is 0. The molecule has 0 unspecified atom stereocenters. The number of aromatic hydroxyl groups is 1. The zero-order chi connectivity index (χ0) is 21.4. The van der Waals surface area contributed by atoms with Crippen LogP contribution in [0.5, 0.6) is 17.2 Å². The van der Waals surface area contributed by atoms with Gasteiger partial charge >= 0.3 is 0 Å². The third kappa shape index (κ3) is 6.14. The zero-order valence-corrected chi connectivity index (χ0v) is 18.2. The molecule has 0 atom stereocenters. The van der Waals surface area contributed by atoms with Crippen LogP contribution in [0.4, 0.5) is 0 Å². The van der Waals surface area contributed by atoms with E-state index in [9.17, 15) is 9.90 Å². The number of fused-ring (bicyclic) bond motifs is 1. The lowest BCUT2D eigenvalue weighted by Crippen LogP contribution is -2.21. The van der Waals surface area contributed by atoms with E-state index in [0.29, 0.717) is 24.5 Å². The number of allylic oxidation sites excluding steroid dienone is 3. The third-order valence-corrected chi connectivity index (χ3v) is 4.79. The first-order chi connectivity index (χ1) is 13.8. The van der Waals surface area contributed by atoms with Gasteiger partial charge in [-0.2, -0.15) is 0 Å². The van der Waals surface area contributed by atoms with Crippen molar-refractivity contribution in [1.82, 2.24) is 4.57 Å². The molecule has 0 saturated carbocycles. The number of hydrogen-bond donors (Lipinski definition) is 1. The maximum atomic E-state index is 12.9. The number of aromatic nitrogens is 1. The van der Waals surface area contributed by atoms with Crippen molar-refractivity contribution in [3.8, 4) is 17.2 Å². The summed E-state index contributed by atoms with van der Waals surface area (Å²) in [5.74, 6) is 0.776. The number of rotatable bonds is 10. The van der Waals surface area contributed by atoms with Crippen LogP contribution >= 0.6 is 0 Å². The number of phenols is 1. The monoisotopic (exact) mass is 399 g/mol. The summed E-state index contributed by atoms with van der Waals surface area (Å²) in [7, 11) is 1.67. The molecular formula is C24H33NO4. The third-order valence-electron chi connectivity index (χ3n) is 4.79. The van der Waals surface area contributed by atoms with Crippen LogP contribution in [-0.4, -0.2) is 22.9 Å². The fraction of sp³-hybridized carbons (Fsp3) is 0.458. The Labute approximate surface area is 173 Å². The number of hydrogen-bond acceptors (Lipinski definition) is 4. The van der Waals surface area contributed by atoms with Gasteiger partial charge in [-0.25, -0.2) is 0 Å². The SMILES string of the molecule is CCCCOc1c(OC/C=C(\C)CCC=C(C)C)c(=O)n(C)c2cc(O)ccc12. The molecule has 1 aromatic heterocycles. The van der Waals surface area contributed by atoms with Gasteiger partial charge in [0.15, 0.2) is 5.75 Å². The molecule has 0 bridgehead atoms. The normalized spacial score (nSPS) is 11.6. The van der Waals surface area contributed by atoms with E-state index < -0.39 is 0 Å². The van der Waals surface area contributed by atoms with Crippen LogP contribution < -0.4 is 15.0 Å². The van der Waals surface area contributed by atoms with Crippen LogP contribution in [0, 0.1) is 0 Å². The minimum atomic E-state index is -0.273. The Kier molecular flexibility index (Phi) is 8.37. The fourth-order valence-electron chi connectivity index (χ4n) is 3.02. The first-order valence-electron chi connectivity index (χ1n) is 10.3. The van der Waals surface area contributed by atoms with Gasteiger partial charge < -0.3 is 19.1 Å². The van der Waals surface area contributed by atoms with Crippen LogP contribution in [0.2, 0.25) is 0 Å². The van der Waals surface area contributed by atoms with E-state index in [-0.39, 0.29) is 17.1 Å². The molecule has 2 aromatic rings. The molecule has 1 heterocycles. The largest absolute Gasteiger partial charge is 0.508 e. The number of unbranched alkanes of at least 4 members (excludes halogenated alkanes) is 1. The molecule has 0 radical (unpaired) electrons. The van der Waals surface area contributed by atoms with E-state index in [1.165, 1.54) is 15.7 Å². The molecule has 0 spiro atoms. The number of aryl methyl sites for hydroxylation is 1. The quantitative estimate of drug-likeness (QED) is 0.424. The highest BCUT2D eigenvalue weighted by molar-refractivity contribution is 5.88. The molecule has 158 valence electrons. The lowest BCUT2D eigenvalue weighted by Gasteiger charge is -2.16. The van der Waals surface area contributed by atoms with Crippen molar-refractivity contribution in [1.29, 1.82) is 0 Å². The summed E-state index contributed by atoms with van der Waals surface area (Å²) in [6.07, 6.45) is 8.06. The Balaban J connectivity index is 2.32. The highest BCUT2D eigenvalue weighted by Crippen LogP contribution is 2.34. The second kappa shape index (κ2) is 10.7. The van der Waals surface area contributed by atoms with Crippen LogP contribution in [0.15, 0.2) is 46.3 Å². The molecular weight excluding hydrogens is 366 g/mol. The molecule has 0 fully saturated rings. The fourth-order valence-corrected chi connectivity index (χ4v) is 3.02. The Bertz CT molecular complexity index is 949. The van der Waals surface area contributed by atoms with Gasteiger partial charge in [-0.3, -0.25) is 4.79 Å². The molecule has 1 N–H and O–H groups in total. The number of pyridine rings is 1. The second-order valence-electron chi connectivity index (χ2n) is 7.61. The molecule has 0 aliphatic carbocycles. The van der Waals surface area contributed by atoms with Gasteiger partial charge in [-0.1, -0.05) is 30.6 Å². The van der Waals surface area contributed by atoms with Crippen LogP contribution in [0.3, 0.4) is 0 Å². The molecule has 0 amide bonds. The number of nitrogens with zero attached hydrogens (tertiary/aromatic N) is 1. The summed E-state index contributed by atoms with van der Waals surface area (Å²) in [6, 6.07) is 4.93. The number of ether oxygens (including phenoxy) is 2. The van der Waals surface area contributed by atoms with E-state index in [1.54, 1.807) is 25.2 Å². The van der Waals surface area contributed by atoms with Crippen LogP contribution in [0.25, 0.3) is 10.9 Å². The molecule has 5 nitrogen and oxygen atoms in total. The summed E-state index contributed by atoms with van der Waals surface area (Å²) in [5, 5.41) is 10.6. The molecule has 0 aliphatic heterocycles. The zero-order valence-electron chi connectivity index (χ0n) is 18.2. The van der Waals surface area contributed by atoms with E-state index in [2.05, 4.69) is 33.8 Å². The predicted octanol–water partition coefficient (Wildman–Crippen LogP) is 5.49. The van der Waals surface area contributed by atoms with Crippen LogP contribution in [-0.2, 0) is 7.05 Å². The maximum absolute atomic E-state index is 12.9. The van der Waals surface area contributed by atoms with E-state index in [4.69, 9.17) is 9.47 Å². The van der Waals surface area contributed by atoms with Crippen molar-refractivity contribution in [2.75, 3.05) is 13.2 Å². The molecule has 0 saturated heterocycles. The lowest BCUT2D eigenvalue weighted by atomic mass is 10.1. The molecule has 5 heteroatoms. The van der Waals surface area contributed by atoms with Gasteiger partial charge in [0.25, 0.3) is 5.56 Å². The van der Waals surface area contributed by atoms with Crippen molar-refractivity contribution >= 4 is 10.9 Å². The standard InChI is InChI=1S/C24H33NO4/c1-6-7-14-28-22-20-12-11-19(26)16-21(20)25(5)24(27)23(22)29-15-13-18(4)10-8-9-17(2)3/h9,11-13,16,26H,6-8,10,14-15H2,1-5H3/b18-13+.